The van der Waals surface area contributed by atoms with Crippen LogP contribution in [0.1, 0.15) is 18.4 Å². The standard InChI is InChI=1S/C25H26N4O3S/c1-17-16-22-24(28-25(26-22)32-21-12-14-29(15-13-21)33(2,30)31)27-23(17)20-10-8-19(9-11-20)18-6-4-3-5-7-18/h3-11,16,21H,12-15H2,1-2H3,(H,26,27,28). The van der Waals surface area contributed by atoms with Crippen molar-refractivity contribution in [3.8, 4) is 28.4 Å². The summed E-state index contributed by atoms with van der Waals surface area (Å²) in [6, 6.07) is 21.1. The van der Waals surface area contributed by atoms with E-state index >= 15 is 0 Å². The maximum Gasteiger partial charge on any atom is 0.296 e. The van der Waals surface area contributed by atoms with Crippen LogP contribution in [0.4, 0.5) is 0 Å². The number of aromatic amines is 1. The summed E-state index contributed by atoms with van der Waals surface area (Å²) in [5.74, 6) is 0. The number of aryl methyl sites for hydroxylation is 1. The second-order valence-electron chi connectivity index (χ2n) is 8.49. The minimum Gasteiger partial charge on any atom is -0.461 e. The Balaban J connectivity index is 1.34. The molecule has 1 saturated heterocycles. The topological polar surface area (TPSA) is 88.2 Å². The molecule has 1 aliphatic heterocycles. The SMILES string of the molecule is Cc1cc2[nH]c(OC3CCN(S(C)(=O)=O)CC3)nc2nc1-c1ccc(-c2ccccc2)cc1. The minimum atomic E-state index is -3.15. The van der Waals surface area contributed by atoms with Gasteiger partial charge in [-0.05, 0) is 42.5 Å². The van der Waals surface area contributed by atoms with Gasteiger partial charge in [-0.2, -0.15) is 4.98 Å². The number of nitrogens with one attached hydrogen (secondary N) is 1. The number of nitrogens with zero attached hydrogens (tertiary/aromatic N) is 3. The minimum absolute atomic E-state index is 0.0744. The van der Waals surface area contributed by atoms with Crippen LogP contribution >= 0.6 is 0 Å². The van der Waals surface area contributed by atoms with Gasteiger partial charge in [0.25, 0.3) is 6.01 Å². The molecule has 2 aromatic carbocycles. The van der Waals surface area contributed by atoms with Crippen LogP contribution in [0.15, 0.2) is 60.7 Å². The van der Waals surface area contributed by atoms with Gasteiger partial charge in [-0.15, -0.1) is 0 Å². The number of aromatic nitrogens is 3. The van der Waals surface area contributed by atoms with Gasteiger partial charge >= 0.3 is 0 Å². The molecule has 8 heteroatoms. The summed E-state index contributed by atoms with van der Waals surface area (Å²) in [5, 5.41) is 0. The van der Waals surface area contributed by atoms with Crippen LogP contribution in [0.3, 0.4) is 0 Å². The molecule has 1 fully saturated rings. The van der Waals surface area contributed by atoms with Crippen molar-refractivity contribution >= 4 is 21.2 Å². The number of H-pyrrole nitrogens is 1. The highest BCUT2D eigenvalue weighted by Crippen LogP contribution is 2.28. The number of pyridine rings is 1. The fourth-order valence-electron chi connectivity index (χ4n) is 4.26. The molecule has 2 aromatic heterocycles. The number of imidazole rings is 1. The molecule has 0 atom stereocenters. The van der Waals surface area contributed by atoms with Gasteiger partial charge in [0.15, 0.2) is 5.65 Å². The highest BCUT2D eigenvalue weighted by molar-refractivity contribution is 7.88. The first-order chi connectivity index (χ1) is 15.9. The third-order valence-electron chi connectivity index (χ3n) is 6.06. The van der Waals surface area contributed by atoms with Crippen LogP contribution in [0.25, 0.3) is 33.5 Å². The molecule has 0 aliphatic carbocycles. The van der Waals surface area contributed by atoms with Crippen molar-refractivity contribution in [3.05, 3.63) is 66.2 Å². The number of piperidine rings is 1. The normalized spacial score (nSPS) is 15.7. The molecule has 5 rings (SSSR count). The Hall–Kier alpha value is -3.23. The lowest BCUT2D eigenvalue weighted by atomic mass is 10.0. The van der Waals surface area contributed by atoms with E-state index in [0.29, 0.717) is 37.6 Å². The molecule has 0 saturated carbocycles. The number of hydrogen-bond donors (Lipinski definition) is 1. The Kier molecular flexibility index (Phi) is 5.64. The summed E-state index contributed by atoms with van der Waals surface area (Å²) in [4.78, 5) is 12.5. The fourth-order valence-corrected chi connectivity index (χ4v) is 5.13. The summed E-state index contributed by atoms with van der Waals surface area (Å²) >= 11 is 0. The Morgan fingerprint density at radius 1 is 0.939 bits per heavy atom. The zero-order valence-corrected chi connectivity index (χ0v) is 19.5. The molecule has 4 aromatic rings. The van der Waals surface area contributed by atoms with E-state index in [4.69, 9.17) is 9.72 Å². The quantitative estimate of drug-likeness (QED) is 0.475. The van der Waals surface area contributed by atoms with Crippen molar-refractivity contribution < 1.29 is 13.2 Å². The molecule has 0 unspecified atom stereocenters. The van der Waals surface area contributed by atoms with Gasteiger partial charge < -0.3 is 9.72 Å². The zero-order chi connectivity index (χ0) is 23.0. The lowest BCUT2D eigenvalue weighted by Crippen LogP contribution is -2.41. The lowest BCUT2D eigenvalue weighted by molar-refractivity contribution is 0.126. The number of ether oxygens (including phenoxy) is 1. The second-order valence-corrected chi connectivity index (χ2v) is 10.5. The highest BCUT2D eigenvalue weighted by atomic mass is 32.2. The molecule has 170 valence electrons. The predicted molar refractivity (Wildman–Crippen MR) is 130 cm³/mol. The predicted octanol–water partition coefficient (Wildman–Crippen LogP) is 4.40. The lowest BCUT2D eigenvalue weighted by Gasteiger charge is -2.29. The molecule has 7 nitrogen and oxygen atoms in total. The van der Waals surface area contributed by atoms with Crippen LogP contribution in [0.2, 0.25) is 0 Å². The first-order valence-electron chi connectivity index (χ1n) is 11.0. The van der Waals surface area contributed by atoms with Crippen molar-refractivity contribution in [2.75, 3.05) is 19.3 Å². The third-order valence-corrected chi connectivity index (χ3v) is 7.36. The smallest absolute Gasteiger partial charge is 0.296 e. The number of rotatable bonds is 5. The van der Waals surface area contributed by atoms with Crippen molar-refractivity contribution in [2.24, 2.45) is 0 Å². The number of sulfonamides is 1. The van der Waals surface area contributed by atoms with Crippen LogP contribution in [0.5, 0.6) is 6.01 Å². The van der Waals surface area contributed by atoms with Crippen molar-refractivity contribution in [1.82, 2.24) is 19.3 Å². The van der Waals surface area contributed by atoms with E-state index in [2.05, 4.69) is 46.4 Å². The van der Waals surface area contributed by atoms with Gasteiger partial charge in [0.05, 0.1) is 17.5 Å². The molecule has 0 radical (unpaired) electrons. The summed E-state index contributed by atoms with van der Waals surface area (Å²) in [7, 11) is -3.15. The van der Waals surface area contributed by atoms with Gasteiger partial charge in [0.2, 0.25) is 10.0 Å². The average Bonchev–Trinajstić information content (AvgIpc) is 3.20. The summed E-state index contributed by atoms with van der Waals surface area (Å²) < 4.78 is 30.9. The fraction of sp³-hybridized carbons (Fsp3) is 0.280. The van der Waals surface area contributed by atoms with Crippen LogP contribution < -0.4 is 4.74 Å². The largest absolute Gasteiger partial charge is 0.461 e. The van der Waals surface area contributed by atoms with Crippen LogP contribution in [-0.2, 0) is 10.0 Å². The van der Waals surface area contributed by atoms with Crippen molar-refractivity contribution in [2.45, 2.75) is 25.9 Å². The van der Waals surface area contributed by atoms with E-state index in [1.54, 1.807) is 0 Å². The third kappa shape index (κ3) is 4.62. The van der Waals surface area contributed by atoms with Gasteiger partial charge in [-0.1, -0.05) is 54.6 Å². The Labute approximate surface area is 193 Å². The molecule has 0 spiro atoms. The maximum atomic E-state index is 11.7. The maximum absolute atomic E-state index is 11.7. The summed E-state index contributed by atoms with van der Waals surface area (Å²) in [6.07, 6.45) is 2.44. The van der Waals surface area contributed by atoms with E-state index in [1.807, 2.05) is 31.2 Å². The Morgan fingerprint density at radius 2 is 1.58 bits per heavy atom. The summed E-state index contributed by atoms with van der Waals surface area (Å²) in [5.41, 5.74) is 6.74. The number of fused-ring (bicyclic) bond motifs is 1. The van der Waals surface area contributed by atoms with E-state index in [-0.39, 0.29) is 6.10 Å². The first-order valence-corrected chi connectivity index (χ1v) is 12.9. The molecule has 1 N–H and O–H groups in total. The van der Waals surface area contributed by atoms with Crippen LogP contribution in [0, 0.1) is 6.92 Å². The number of benzene rings is 2. The summed E-state index contributed by atoms with van der Waals surface area (Å²) in [6.45, 7) is 2.96. The van der Waals surface area contributed by atoms with E-state index in [0.717, 1.165) is 27.9 Å². The van der Waals surface area contributed by atoms with Crippen molar-refractivity contribution in [1.29, 1.82) is 0 Å². The van der Waals surface area contributed by atoms with E-state index in [9.17, 15) is 8.42 Å². The number of hydrogen-bond acceptors (Lipinski definition) is 5. The molecule has 0 bridgehead atoms. The molecule has 1 aliphatic rings. The van der Waals surface area contributed by atoms with Gasteiger partial charge in [-0.25, -0.2) is 17.7 Å². The van der Waals surface area contributed by atoms with Gasteiger partial charge in [0.1, 0.15) is 6.10 Å². The van der Waals surface area contributed by atoms with Crippen LogP contribution in [-0.4, -0.2) is 53.1 Å². The van der Waals surface area contributed by atoms with Gasteiger partial charge in [-0.3, -0.25) is 0 Å². The zero-order valence-electron chi connectivity index (χ0n) is 18.7. The second kappa shape index (κ2) is 8.61. The monoisotopic (exact) mass is 462 g/mol. The highest BCUT2D eigenvalue weighted by Gasteiger charge is 2.26. The first kappa shape index (κ1) is 21.6. The van der Waals surface area contributed by atoms with E-state index < -0.39 is 10.0 Å². The van der Waals surface area contributed by atoms with Gasteiger partial charge in [0, 0.05) is 18.7 Å². The molecule has 3 heterocycles. The molecular weight excluding hydrogens is 436 g/mol. The van der Waals surface area contributed by atoms with E-state index in [1.165, 1.54) is 16.1 Å². The molecule has 33 heavy (non-hydrogen) atoms. The molecular formula is C25H26N4O3S. The molecule has 0 amide bonds. The Bertz CT molecular complexity index is 1370. The van der Waals surface area contributed by atoms with Crippen molar-refractivity contribution in [3.63, 3.8) is 0 Å². The average molecular weight is 463 g/mol. The Morgan fingerprint density at radius 3 is 2.24 bits per heavy atom.